The summed E-state index contributed by atoms with van der Waals surface area (Å²) in [6, 6.07) is 44.5. The lowest BCUT2D eigenvalue weighted by molar-refractivity contribution is 0.748. The van der Waals surface area contributed by atoms with Crippen molar-refractivity contribution >= 4 is 39.9 Å². The van der Waals surface area contributed by atoms with Crippen molar-refractivity contribution in [1.29, 1.82) is 0 Å². The summed E-state index contributed by atoms with van der Waals surface area (Å²) in [6.07, 6.45) is 3.69. The molecule has 3 aromatic carbocycles. The van der Waals surface area contributed by atoms with Crippen LogP contribution in [-0.2, 0) is 5.41 Å². The highest BCUT2D eigenvalue weighted by molar-refractivity contribution is 7.21. The van der Waals surface area contributed by atoms with Crippen LogP contribution in [0.2, 0.25) is 0 Å². The SMILES string of the molecule is c1ccc(-c2cc(-c3cccc(N4c5ccccc5C5(c6cccnc64)c4ccsc4-c4sccc45)c3)nc(-c3ccccn3)n2)cc1. The average molecular weight is 652 g/mol. The number of aromatic nitrogens is 4. The van der Waals surface area contributed by atoms with Crippen molar-refractivity contribution < 1.29 is 0 Å². The lowest BCUT2D eigenvalue weighted by Gasteiger charge is -2.43. The van der Waals surface area contributed by atoms with Crippen molar-refractivity contribution in [3.05, 3.63) is 173 Å². The molecule has 1 aliphatic heterocycles. The number of fused-ring (bicyclic) bond motifs is 9. The van der Waals surface area contributed by atoms with Gasteiger partial charge in [0.05, 0.1) is 22.5 Å². The summed E-state index contributed by atoms with van der Waals surface area (Å²) in [4.78, 5) is 24.7. The zero-order valence-electron chi connectivity index (χ0n) is 25.5. The predicted octanol–water partition coefficient (Wildman–Crippen LogP) is 10.5. The molecule has 0 radical (unpaired) electrons. The highest BCUT2D eigenvalue weighted by atomic mass is 32.1. The van der Waals surface area contributed by atoms with E-state index in [4.69, 9.17) is 15.0 Å². The monoisotopic (exact) mass is 651 g/mol. The summed E-state index contributed by atoms with van der Waals surface area (Å²) in [5.74, 6) is 1.53. The number of hydrogen-bond donors (Lipinski definition) is 0. The molecule has 0 N–H and O–H groups in total. The first-order chi connectivity index (χ1) is 23.8. The van der Waals surface area contributed by atoms with Crippen LogP contribution in [0, 0.1) is 0 Å². The molecule has 1 spiro atoms. The zero-order valence-corrected chi connectivity index (χ0v) is 27.1. The van der Waals surface area contributed by atoms with Gasteiger partial charge in [-0.1, -0.05) is 72.8 Å². The van der Waals surface area contributed by atoms with Gasteiger partial charge < -0.3 is 0 Å². The van der Waals surface area contributed by atoms with Crippen LogP contribution in [0.25, 0.3) is 43.8 Å². The maximum Gasteiger partial charge on any atom is 0.179 e. The lowest BCUT2D eigenvalue weighted by Crippen LogP contribution is -2.36. The van der Waals surface area contributed by atoms with Gasteiger partial charge in [0.25, 0.3) is 0 Å². The van der Waals surface area contributed by atoms with Crippen LogP contribution in [0.3, 0.4) is 0 Å². The summed E-state index contributed by atoms with van der Waals surface area (Å²) in [5.41, 5.74) is 11.3. The van der Waals surface area contributed by atoms with Crippen LogP contribution in [0.5, 0.6) is 0 Å². The topological polar surface area (TPSA) is 54.8 Å². The highest BCUT2D eigenvalue weighted by Crippen LogP contribution is 2.65. The summed E-state index contributed by atoms with van der Waals surface area (Å²) in [7, 11) is 0. The molecule has 5 nitrogen and oxygen atoms in total. The number of pyridine rings is 2. The second-order valence-corrected chi connectivity index (χ2v) is 13.7. The first-order valence-corrected chi connectivity index (χ1v) is 17.5. The Kier molecular flexibility index (Phi) is 6.06. The van der Waals surface area contributed by atoms with Gasteiger partial charge in [-0.3, -0.25) is 9.88 Å². The molecule has 0 fully saturated rings. The van der Waals surface area contributed by atoms with Gasteiger partial charge in [0.2, 0.25) is 0 Å². The third-order valence-electron chi connectivity index (χ3n) is 9.39. The van der Waals surface area contributed by atoms with E-state index >= 15 is 0 Å². The van der Waals surface area contributed by atoms with E-state index in [0.29, 0.717) is 5.82 Å². The van der Waals surface area contributed by atoms with Gasteiger partial charge in [-0.2, -0.15) is 0 Å². The Balaban J connectivity index is 1.18. The first-order valence-electron chi connectivity index (χ1n) is 15.8. The van der Waals surface area contributed by atoms with Crippen molar-refractivity contribution in [2.24, 2.45) is 0 Å². The van der Waals surface area contributed by atoms with Gasteiger partial charge in [0, 0.05) is 44.5 Å². The van der Waals surface area contributed by atoms with Crippen LogP contribution in [0.1, 0.15) is 22.3 Å². The van der Waals surface area contributed by atoms with Crippen LogP contribution in [0.15, 0.2) is 151 Å². The lowest BCUT2D eigenvalue weighted by atomic mass is 9.66. The number of rotatable bonds is 4. The number of anilines is 3. The average Bonchev–Trinajstić information content (AvgIpc) is 3.90. The molecule has 226 valence electrons. The molecule has 0 amide bonds. The largest absolute Gasteiger partial charge is 0.294 e. The number of nitrogens with zero attached hydrogens (tertiary/aromatic N) is 5. The highest BCUT2D eigenvalue weighted by Gasteiger charge is 2.53. The molecule has 48 heavy (non-hydrogen) atoms. The van der Waals surface area contributed by atoms with Crippen molar-refractivity contribution in [2.45, 2.75) is 5.41 Å². The normalized spacial score (nSPS) is 13.5. The van der Waals surface area contributed by atoms with E-state index < -0.39 is 5.41 Å². The van der Waals surface area contributed by atoms with Crippen LogP contribution >= 0.6 is 22.7 Å². The molecule has 6 heterocycles. The van der Waals surface area contributed by atoms with Gasteiger partial charge in [-0.15, -0.1) is 22.7 Å². The Morgan fingerprint density at radius 3 is 1.98 bits per heavy atom. The number of benzene rings is 3. The quantitative estimate of drug-likeness (QED) is 0.190. The fraction of sp³-hybridized carbons (Fsp3) is 0.0244. The molecule has 0 saturated heterocycles. The van der Waals surface area contributed by atoms with Gasteiger partial charge in [0.15, 0.2) is 5.82 Å². The van der Waals surface area contributed by atoms with Crippen molar-refractivity contribution in [3.8, 4) is 43.8 Å². The summed E-state index contributed by atoms with van der Waals surface area (Å²) >= 11 is 3.66. The molecule has 5 aromatic heterocycles. The maximum atomic E-state index is 5.12. The van der Waals surface area contributed by atoms with Gasteiger partial charge >= 0.3 is 0 Å². The Labute approximate surface area is 285 Å². The van der Waals surface area contributed by atoms with Gasteiger partial charge in [-0.25, -0.2) is 15.0 Å². The molecular formula is C41H25N5S2. The third kappa shape index (κ3) is 3.89. The van der Waals surface area contributed by atoms with Crippen molar-refractivity contribution in [3.63, 3.8) is 0 Å². The zero-order chi connectivity index (χ0) is 31.7. The Morgan fingerprint density at radius 2 is 1.19 bits per heavy atom. The van der Waals surface area contributed by atoms with Crippen molar-refractivity contribution in [2.75, 3.05) is 4.90 Å². The molecule has 10 rings (SSSR count). The predicted molar refractivity (Wildman–Crippen MR) is 195 cm³/mol. The number of hydrogen-bond acceptors (Lipinski definition) is 7. The molecule has 0 bridgehead atoms. The maximum absolute atomic E-state index is 5.12. The molecule has 0 atom stereocenters. The molecule has 7 heteroatoms. The minimum atomic E-state index is -0.423. The van der Waals surface area contributed by atoms with E-state index in [9.17, 15) is 0 Å². The Hall–Kier alpha value is -5.76. The number of thiophene rings is 2. The van der Waals surface area contributed by atoms with Gasteiger partial charge in [-0.05, 0) is 82.0 Å². The van der Waals surface area contributed by atoms with Crippen molar-refractivity contribution in [1.82, 2.24) is 19.9 Å². The molecule has 2 aliphatic rings. The molecule has 0 saturated carbocycles. The van der Waals surface area contributed by atoms with Crippen LogP contribution in [0.4, 0.5) is 17.2 Å². The van der Waals surface area contributed by atoms with Crippen LogP contribution < -0.4 is 4.90 Å². The Morgan fingerprint density at radius 1 is 0.500 bits per heavy atom. The summed E-state index contributed by atoms with van der Waals surface area (Å²) in [5, 5.41) is 4.46. The van der Waals surface area contributed by atoms with E-state index in [0.717, 1.165) is 45.4 Å². The van der Waals surface area contributed by atoms with E-state index in [1.165, 1.54) is 32.0 Å². The summed E-state index contributed by atoms with van der Waals surface area (Å²) < 4.78 is 0. The fourth-order valence-electron chi connectivity index (χ4n) is 7.43. The first kappa shape index (κ1) is 27.4. The molecule has 8 aromatic rings. The smallest absolute Gasteiger partial charge is 0.179 e. The second kappa shape index (κ2) is 10.6. The van der Waals surface area contributed by atoms with E-state index in [-0.39, 0.29) is 0 Å². The minimum absolute atomic E-state index is 0.423. The molecule has 0 unspecified atom stereocenters. The molecular weight excluding hydrogens is 627 g/mol. The van der Waals surface area contributed by atoms with E-state index in [2.05, 4.69) is 112 Å². The van der Waals surface area contributed by atoms with Crippen LogP contribution in [-0.4, -0.2) is 19.9 Å². The minimum Gasteiger partial charge on any atom is -0.294 e. The number of para-hydroxylation sites is 1. The summed E-state index contributed by atoms with van der Waals surface area (Å²) in [6.45, 7) is 0. The van der Waals surface area contributed by atoms with E-state index in [1.54, 1.807) is 6.20 Å². The molecule has 1 aliphatic carbocycles. The third-order valence-corrected chi connectivity index (χ3v) is 11.4. The standard InChI is InChI=1S/C41H25N5S2/c1-2-10-26(11-3-1)34-25-35(45-39(44-34)33-16-6-7-20-42-33)27-12-8-13-28(24-27)46-36-17-5-4-14-29(36)41(32-15-9-21-43-40(32)46)30-18-22-47-37(30)38-31(41)19-23-48-38/h1-25H. The second-order valence-electron chi connectivity index (χ2n) is 11.9. The van der Waals surface area contributed by atoms with E-state index in [1.807, 2.05) is 65.3 Å². The van der Waals surface area contributed by atoms with Gasteiger partial charge in [0.1, 0.15) is 11.5 Å². The Bertz CT molecular complexity index is 2340. The fourth-order valence-corrected chi connectivity index (χ4v) is 9.53.